The Balaban J connectivity index is 1.53. The van der Waals surface area contributed by atoms with Crippen LogP contribution in [0.15, 0.2) is 76.7 Å². The van der Waals surface area contributed by atoms with Gasteiger partial charge in [-0.1, -0.05) is 41.4 Å². The number of benzene rings is 3. The highest BCUT2D eigenvalue weighted by Gasteiger charge is 2.34. The van der Waals surface area contributed by atoms with Crippen molar-refractivity contribution in [1.82, 2.24) is 14.8 Å². The highest BCUT2D eigenvalue weighted by Crippen LogP contribution is 2.43. The van der Waals surface area contributed by atoms with Crippen molar-refractivity contribution in [2.45, 2.75) is 40.3 Å². The number of aromatic nitrogens is 3. The molecule has 10 heteroatoms. The third-order valence-electron chi connectivity index (χ3n) is 6.61. The number of hydrogen-bond acceptors (Lipinski definition) is 6. The summed E-state index contributed by atoms with van der Waals surface area (Å²) in [4.78, 5) is 18.2. The minimum Gasteiger partial charge on any atom is -0.490 e. The number of allylic oxidation sites excluding steroid dienone is 1. The molecule has 40 heavy (non-hydrogen) atoms. The van der Waals surface area contributed by atoms with Crippen LogP contribution >= 0.6 is 27.5 Å². The van der Waals surface area contributed by atoms with Gasteiger partial charge in [-0.2, -0.15) is 10.1 Å². The summed E-state index contributed by atoms with van der Waals surface area (Å²) in [6, 6.07) is 16.7. The molecular formula is C30H29BrClN5O3. The van der Waals surface area contributed by atoms with E-state index in [-0.39, 0.29) is 5.91 Å². The maximum Gasteiger partial charge on any atom is 0.255 e. The fourth-order valence-electron chi connectivity index (χ4n) is 4.72. The molecule has 0 spiro atoms. The molecule has 1 aliphatic heterocycles. The highest BCUT2D eigenvalue weighted by atomic mass is 79.9. The third-order valence-corrected chi connectivity index (χ3v) is 7.45. The van der Waals surface area contributed by atoms with Crippen molar-refractivity contribution in [3.8, 4) is 11.5 Å². The number of ether oxygens (including phenoxy) is 2. The fraction of sp³-hybridized carbons (Fsp3) is 0.233. The summed E-state index contributed by atoms with van der Waals surface area (Å²) in [6.07, 6.45) is 1.47. The number of nitrogens with zero attached hydrogens (tertiary/aromatic N) is 3. The van der Waals surface area contributed by atoms with Crippen LogP contribution in [0.5, 0.6) is 11.5 Å². The zero-order valence-electron chi connectivity index (χ0n) is 22.6. The van der Waals surface area contributed by atoms with Crippen LogP contribution in [-0.2, 0) is 11.4 Å². The van der Waals surface area contributed by atoms with Crippen molar-refractivity contribution < 1.29 is 14.3 Å². The molecule has 5 rings (SSSR count). The lowest BCUT2D eigenvalue weighted by atomic mass is 9.94. The number of hydrogen-bond donors (Lipinski definition) is 2. The zero-order valence-corrected chi connectivity index (χ0v) is 24.9. The number of nitrogens with one attached hydrogen (secondary N) is 2. The predicted molar refractivity (Wildman–Crippen MR) is 160 cm³/mol. The van der Waals surface area contributed by atoms with Gasteiger partial charge in [0.15, 0.2) is 11.5 Å². The van der Waals surface area contributed by atoms with Gasteiger partial charge < -0.3 is 20.1 Å². The molecule has 0 saturated carbocycles. The van der Waals surface area contributed by atoms with E-state index in [1.807, 2.05) is 82.3 Å². The van der Waals surface area contributed by atoms with E-state index in [0.717, 1.165) is 27.9 Å². The van der Waals surface area contributed by atoms with Crippen LogP contribution in [0.4, 0.5) is 11.6 Å². The molecule has 1 atom stereocenters. The van der Waals surface area contributed by atoms with E-state index in [2.05, 4.69) is 36.6 Å². The lowest BCUT2D eigenvalue weighted by Crippen LogP contribution is -2.31. The van der Waals surface area contributed by atoms with E-state index >= 15 is 0 Å². The number of carbonyl (C=O) groups is 1. The van der Waals surface area contributed by atoms with Gasteiger partial charge in [0, 0.05) is 16.4 Å². The first-order chi connectivity index (χ1) is 19.2. The van der Waals surface area contributed by atoms with Gasteiger partial charge in [0.05, 0.1) is 16.7 Å². The van der Waals surface area contributed by atoms with Crippen molar-refractivity contribution in [3.05, 3.63) is 104 Å². The van der Waals surface area contributed by atoms with E-state index in [4.69, 9.17) is 21.1 Å². The first-order valence-corrected chi connectivity index (χ1v) is 14.0. The highest BCUT2D eigenvalue weighted by molar-refractivity contribution is 9.10. The summed E-state index contributed by atoms with van der Waals surface area (Å²) in [5.74, 6) is 1.42. The van der Waals surface area contributed by atoms with Crippen LogP contribution < -0.4 is 20.1 Å². The number of halogens is 2. The van der Waals surface area contributed by atoms with Gasteiger partial charge in [0.2, 0.25) is 5.95 Å². The summed E-state index contributed by atoms with van der Waals surface area (Å²) in [5, 5.41) is 11.4. The summed E-state index contributed by atoms with van der Waals surface area (Å²) in [6.45, 7) is 8.54. The topological polar surface area (TPSA) is 90.3 Å². The Kier molecular flexibility index (Phi) is 8.14. The van der Waals surface area contributed by atoms with Crippen LogP contribution in [0.1, 0.15) is 42.1 Å². The molecule has 2 N–H and O–H groups in total. The summed E-state index contributed by atoms with van der Waals surface area (Å²) in [7, 11) is 0. The summed E-state index contributed by atoms with van der Waals surface area (Å²) >= 11 is 9.72. The SMILES string of the molecule is CCOc1cc(C2C(C(=O)Nc3ccc(C)cc3C)=C(C)Nc3ncnn32)cc(Br)c1OCc1ccc(Cl)cc1. The molecule has 1 unspecified atom stereocenters. The number of aryl methyl sites for hydroxylation is 2. The van der Waals surface area contributed by atoms with Crippen LogP contribution in [0.2, 0.25) is 5.02 Å². The predicted octanol–water partition coefficient (Wildman–Crippen LogP) is 7.22. The van der Waals surface area contributed by atoms with Crippen molar-refractivity contribution in [1.29, 1.82) is 0 Å². The van der Waals surface area contributed by atoms with Gasteiger partial charge >= 0.3 is 0 Å². The quantitative estimate of drug-likeness (QED) is 0.216. The smallest absolute Gasteiger partial charge is 0.255 e. The van der Waals surface area contributed by atoms with Crippen LogP contribution in [-0.4, -0.2) is 27.3 Å². The minimum atomic E-state index is -0.565. The number of rotatable bonds is 8. The molecule has 8 nitrogen and oxygen atoms in total. The lowest BCUT2D eigenvalue weighted by molar-refractivity contribution is -0.113. The van der Waals surface area contributed by atoms with Crippen molar-refractivity contribution in [2.24, 2.45) is 0 Å². The summed E-state index contributed by atoms with van der Waals surface area (Å²) in [5.41, 5.74) is 5.82. The molecule has 3 aromatic carbocycles. The van der Waals surface area contributed by atoms with E-state index in [1.54, 1.807) is 4.68 Å². The molecule has 2 heterocycles. The second kappa shape index (κ2) is 11.7. The number of anilines is 2. The van der Waals surface area contributed by atoms with Gasteiger partial charge in [-0.15, -0.1) is 0 Å². The Labute approximate surface area is 246 Å². The van der Waals surface area contributed by atoms with Gasteiger partial charge in [-0.25, -0.2) is 4.68 Å². The Morgan fingerprint density at radius 3 is 2.60 bits per heavy atom. The van der Waals surface area contributed by atoms with Crippen LogP contribution in [0, 0.1) is 13.8 Å². The van der Waals surface area contributed by atoms with Gasteiger partial charge in [0.25, 0.3) is 5.91 Å². The average molecular weight is 623 g/mol. The van der Waals surface area contributed by atoms with Crippen LogP contribution in [0.3, 0.4) is 0 Å². The summed E-state index contributed by atoms with van der Waals surface area (Å²) < 4.78 is 14.6. The number of carbonyl (C=O) groups excluding carboxylic acids is 1. The lowest BCUT2D eigenvalue weighted by Gasteiger charge is -2.29. The van der Waals surface area contributed by atoms with Crippen molar-refractivity contribution in [3.63, 3.8) is 0 Å². The van der Waals surface area contributed by atoms with Crippen molar-refractivity contribution >= 4 is 45.1 Å². The second-order valence-corrected chi connectivity index (χ2v) is 10.8. The average Bonchev–Trinajstić information content (AvgIpc) is 3.38. The molecular weight excluding hydrogens is 594 g/mol. The monoisotopic (exact) mass is 621 g/mol. The minimum absolute atomic E-state index is 0.236. The molecule has 0 saturated heterocycles. The maximum atomic E-state index is 13.8. The first-order valence-electron chi connectivity index (χ1n) is 12.8. The molecule has 4 aromatic rings. The van der Waals surface area contributed by atoms with Gasteiger partial charge in [-0.05, 0) is 90.6 Å². The number of fused-ring (bicyclic) bond motifs is 1. The molecule has 1 aromatic heterocycles. The Hall–Kier alpha value is -3.82. The maximum absolute atomic E-state index is 13.8. The molecule has 0 aliphatic carbocycles. The molecule has 0 bridgehead atoms. The Morgan fingerprint density at radius 2 is 1.88 bits per heavy atom. The Bertz CT molecular complexity index is 1600. The molecule has 0 fully saturated rings. The second-order valence-electron chi connectivity index (χ2n) is 9.55. The van der Waals surface area contributed by atoms with E-state index in [1.165, 1.54) is 6.33 Å². The fourth-order valence-corrected chi connectivity index (χ4v) is 5.42. The molecule has 1 amide bonds. The number of amides is 1. The van der Waals surface area contributed by atoms with E-state index in [9.17, 15) is 4.79 Å². The van der Waals surface area contributed by atoms with E-state index < -0.39 is 6.04 Å². The van der Waals surface area contributed by atoms with Gasteiger partial charge in [-0.3, -0.25) is 4.79 Å². The normalized spacial score (nSPS) is 14.4. The van der Waals surface area contributed by atoms with E-state index in [0.29, 0.717) is 51.4 Å². The largest absolute Gasteiger partial charge is 0.490 e. The van der Waals surface area contributed by atoms with Crippen LogP contribution in [0.25, 0.3) is 0 Å². The molecule has 0 radical (unpaired) electrons. The van der Waals surface area contributed by atoms with Gasteiger partial charge in [0.1, 0.15) is 19.0 Å². The molecule has 1 aliphatic rings. The zero-order chi connectivity index (χ0) is 28.4. The molecule has 206 valence electrons. The Morgan fingerprint density at radius 1 is 1.10 bits per heavy atom. The first kappa shape index (κ1) is 27.7. The third kappa shape index (κ3) is 5.71. The van der Waals surface area contributed by atoms with Crippen molar-refractivity contribution in [2.75, 3.05) is 17.2 Å². The standard InChI is InChI=1S/C30H29BrClN5O3/c1-5-39-25-14-21(13-23(31)28(25)40-15-20-7-9-22(32)10-8-20)27-26(19(4)35-30-33-16-34-37(27)30)29(38)36-24-11-6-17(2)12-18(24)3/h6-14,16,27H,5,15H2,1-4H3,(H,36,38)(H,33,34,35).